The van der Waals surface area contributed by atoms with Crippen LogP contribution in [-0.4, -0.2) is 47.3 Å². The fraction of sp³-hybridized carbons (Fsp3) is 0.800. The van der Waals surface area contributed by atoms with Gasteiger partial charge in [0.15, 0.2) is 5.82 Å². The number of hydrogen-bond acceptors (Lipinski definition) is 5. The molecule has 84 valence electrons. The van der Waals surface area contributed by atoms with Crippen molar-refractivity contribution in [1.29, 1.82) is 0 Å². The van der Waals surface area contributed by atoms with Crippen LogP contribution < -0.4 is 5.32 Å². The normalized spacial score (nSPS) is 23.1. The lowest BCUT2D eigenvalue weighted by Gasteiger charge is -2.32. The molecule has 2 rings (SSSR count). The van der Waals surface area contributed by atoms with Crippen LogP contribution in [0.4, 0.5) is 0 Å². The third-order valence-corrected chi connectivity index (χ3v) is 2.89. The van der Waals surface area contributed by atoms with Gasteiger partial charge >= 0.3 is 0 Å². The van der Waals surface area contributed by atoms with Crippen molar-refractivity contribution in [2.75, 3.05) is 26.2 Å². The molecule has 1 N–H and O–H groups in total. The van der Waals surface area contributed by atoms with Gasteiger partial charge in [0.05, 0.1) is 0 Å². The van der Waals surface area contributed by atoms with Crippen LogP contribution in [0.2, 0.25) is 0 Å². The summed E-state index contributed by atoms with van der Waals surface area (Å²) in [5.41, 5.74) is 0. The van der Waals surface area contributed by atoms with E-state index < -0.39 is 0 Å². The number of piperazine rings is 1. The summed E-state index contributed by atoms with van der Waals surface area (Å²) in [6.07, 6.45) is 3.47. The van der Waals surface area contributed by atoms with Gasteiger partial charge in [-0.3, -0.25) is 0 Å². The van der Waals surface area contributed by atoms with Crippen molar-refractivity contribution in [3.8, 4) is 0 Å². The Morgan fingerprint density at radius 2 is 2.60 bits per heavy atom. The first-order valence-corrected chi connectivity index (χ1v) is 5.59. The van der Waals surface area contributed by atoms with Gasteiger partial charge in [0.2, 0.25) is 6.39 Å². The minimum absolute atomic E-state index is 0.643. The van der Waals surface area contributed by atoms with Gasteiger partial charge in [-0.25, -0.2) is 0 Å². The van der Waals surface area contributed by atoms with Gasteiger partial charge < -0.3 is 14.7 Å². The molecule has 1 aliphatic heterocycles. The van der Waals surface area contributed by atoms with Gasteiger partial charge in [-0.15, -0.1) is 0 Å². The van der Waals surface area contributed by atoms with E-state index in [1.165, 1.54) is 12.8 Å². The molecule has 0 aliphatic carbocycles. The van der Waals surface area contributed by atoms with Crippen LogP contribution >= 0.6 is 0 Å². The first-order chi connectivity index (χ1) is 7.38. The fourth-order valence-corrected chi connectivity index (χ4v) is 1.93. The molecule has 1 saturated heterocycles. The number of nitrogens with zero attached hydrogens (tertiary/aromatic N) is 3. The Labute approximate surface area is 89.8 Å². The van der Waals surface area contributed by atoms with Crippen molar-refractivity contribution in [3.63, 3.8) is 0 Å². The zero-order chi connectivity index (χ0) is 10.5. The lowest BCUT2D eigenvalue weighted by molar-refractivity contribution is 0.198. The van der Waals surface area contributed by atoms with Gasteiger partial charge in [-0.05, 0) is 6.42 Å². The Balaban J connectivity index is 1.74. The van der Waals surface area contributed by atoms with E-state index in [4.69, 9.17) is 4.52 Å². The van der Waals surface area contributed by atoms with Crippen molar-refractivity contribution in [3.05, 3.63) is 12.2 Å². The van der Waals surface area contributed by atoms with E-state index in [2.05, 4.69) is 27.3 Å². The highest BCUT2D eigenvalue weighted by Gasteiger charge is 2.17. The molecule has 0 saturated carbocycles. The summed E-state index contributed by atoms with van der Waals surface area (Å²) < 4.78 is 4.70. The van der Waals surface area contributed by atoms with Crippen molar-refractivity contribution in [2.24, 2.45) is 0 Å². The molecule has 1 aromatic heterocycles. The highest BCUT2D eigenvalue weighted by molar-refractivity contribution is 4.83. The van der Waals surface area contributed by atoms with Gasteiger partial charge in [0.25, 0.3) is 0 Å². The molecule has 1 atom stereocenters. The molecule has 0 amide bonds. The molecule has 1 unspecified atom stereocenters. The van der Waals surface area contributed by atoms with Gasteiger partial charge in [-0.1, -0.05) is 12.1 Å². The first kappa shape index (κ1) is 10.6. The Morgan fingerprint density at radius 3 is 3.33 bits per heavy atom. The van der Waals surface area contributed by atoms with E-state index in [1.54, 1.807) is 0 Å². The maximum Gasteiger partial charge on any atom is 0.213 e. The summed E-state index contributed by atoms with van der Waals surface area (Å²) in [5, 5.41) is 7.31. The summed E-state index contributed by atoms with van der Waals surface area (Å²) in [7, 11) is 0. The minimum atomic E-state index is 0.643. The van der Waals surface area contributed by atoms with Crippen LogP contribution in [0, 0.1) is 0 Å². The van der Waals surface area contributed by atoms with Gasteiger partial charge in [0.1, 0.15) is 0 Å². The van der Waals surface area contributed by atoms with Crippen LogP contribution in [0.25, 0.3) is 0 Å². The number of aromatic nitrogens is 2. The van der Waals surface area contributed by atoms with Crippen molar-refractivity contribution in [2.45, 2.75) is 25.8 Å². The Kier molecular flexibility index (Phi) is 3.69. The smallest absolute Gasteiger partial charge is 0.213 e. The average Bonchev–Trinajstić information content (AvgIpc) is 2.79. The molecule has 15 heavy (non-hydrogen) atoms. The van der Waals surface area contributed by atoms with Gasteiger partial charge in [0, 0.05) is 38.6 Å². The molecular formula is C10H18N4O. The summed E-state index contributed by atoms with van der Waals surface area (Å²) >= 11 is 0. The molecule has 1 aromatic rings. The predicted molar refractivity (Wildman–Crippen MR) is 56.5 cm³/mol. The van der Waals surface area contributed by atoms with Crippen LogP contribution in [-0.2, 0) is 6.42 Å². The lowest BCUT2D eigenvalue weighted by atomic mass is 10.1. The van der Waals surface area contributed by atoms with Crippen molar-refractivity contribution in [1.82, 2.24) is 20.4 Å². The predicted octanol–water partition coefficient (Wildman–Crippen LogP) is 0.296. The Bertz CT molecular complexity index is 275. The molecule has 0 radical (unpaired) electrons. The molecule has 5 nitrogen and oxygen atoms in total. The van der Waals surface area contributed by atoms with Crippen molar-refractivity contribution < 1.29 is 4.52 Å². The van der Waals surface area contributed by atoms with E-state index in [9.17, 15) is 0 Å². The molecule has 0 bridgehead atoms. The zero-order valence-corrected chi connectivity index (χ0v) is 9.15. The zero-order valence-electron chi connectivity index (χ0n) is 9.15. The monoisotopic (exact) mass is 210 g/mol. The minimum Gasteiger partial charge on any atom is -0.343 e. The summed E-state index contributed by atoms with van der Waals surface area (Å²) in [4.78, 5) is 6.48. The van der Waals surface area contributed by atoms with E-state index in [1.807, 2.05) is 0 Å². The SMILES string of the molecule is CCC1CN(CCc2ncon2)CCN1. The largest absolute Gasteiger partial charge is 0.343 e. The van der Waals surface area contributed by atoms with Crippen LogP contribution in [0.15, 0.2) is 10.9 Å². The molecule has 1 fully saturated rings. The van der Waals surface area contributed by atoms with Gasteiger partial charge in [-0.2, -0.15) is 4.98 Å². The average molecular weight is 210 g/mol. The van der Waals surface area contributed by atoms with Crippen LogP contribution in [0.5, 0.6) is 0 Å². The molecule has 2 heterocycles. The topological polar surface area (TPSA) is 54.2 Å². The highest BCUT2D eigenvalue weighted by atomic mass is 16.5. The van der Waals surface area contributed by atoms with E-state index >= 15 is 0 Å². The second kappa shape index (κ2) is 5.23. The second-order valence-corrected chi connectivity index (χ2v) is 3.96. The third-order valence-electron chi connectivity index (χ3n) is 2.89. The second-order valence-electron chi connectivity index (χ2n) is 3.96. The molecular weight excluding hydrogens is 192 g/mol. The fourth-order valence-electron chi connectivity index (χ4n) is 1.93. The first-order valence-electron chi connectivity index (χ1n) is 5.59. The molecule has 1 aliphatic rings. The number of nitrogens with one attached hydrogen (secondary N) is 1. The number of rotatable bonds is 4. The standard InChI is InChI=1S/C10H18N4O/c1-2-9-7-14(6-4-11-9)5-3-10-12-8-15-13-10/h8-9,11H,2-7H2,1H3. The van der Waals surface area contributed by atoms with Crippen LogP contribution in [0.3, 0.4) is 0 Å². The number of hydrogen-bond donors (Lipinski definition) is 1. The summed E-state index contributed by atoms with van der Waals surface area (Å²) in [6, 6.07) is 0.643. The lowest BCUT2D eigenvalue weighted by Crippen LogP contribution is -2.50. The van der Waals surface area contributed by atoms with E-state index in [0.717, 1.165) is 38.4 Å². The maximum absolute atomic E-state index is 4.70. The van der Waals surface area contributed by atoms with Crippen molar-refractivity contribution >= 4 is 0 Å². The van der Waals surface area contributed by atoms with E-state index in [0.29, 0.717) is 6.04 Å². The maximum atomic E-state index is 4.70. The Morgan fingerprint density at radius 1 is 1.67 bits per heavy atom. The summed E-state index contributed by atoms with van der Waals surface area (Å²) in [6.45, 7) is 6.59. The summed E-state index contributed by atoms with van der Waals surface area (Å²) in [5.74, 6) is 0.807. The molecule has 0 aromatic carbocycles. The molecule has 5 heteroatoms. The van der Waals surface area contributed by atoms with E-state index in [-0.39, 0.29) is 0 Å². The third kappa shape index (κ3) is 3.00. The Hall–Kier alpha value is -0.940. The highest BCUT2D eigenvalue weighted by Crippen LogP contribution is 2.03. The quantitative estimate of drug-likeness (QED) is 0.774. The molecule has 0 spiro atoms. The van der Waals surface area contributed by atoms with Crippen LogP contribution in [0.1, 0.15) is 19.2 Å².